The van der Waals surface area contributed by atoms with Crippen molar-refractivity contribution in [3.63, 3.8) is 0 Å². The number of benzene rings is 2. The van der Waals surface area contributed by atoms with Crippen molar-refractivity contribution in [1.29, 1.82) is 0 Å². The van der Waals surface area contributed by atoms with Gasteiger partial charge in [0.1, 0.15) is 5.71 Å². The van der Waals surface area contributed by atoms with Gasteiger partial charge < -0.3 is 14.8 Å². The van der Waals surface area contributed by atoms with Crippen molar-refractivity contribution < 1.29 is 14.6 Å². The molecule has 0 unspecified atom stereocenters. The number of aromatic hydroxyl groups is 1. The fourth-order valence-corrected chi connectivity index (χ4v) is 3.35. The van der Waals surface area contributed by atoms with Gasteiger partial charge in [-0.25, -0.2) is 9.98 Å². The molecule has 130 valence electrons. The first-order valence-electron chi connectivity index (χ1n) is 7.91. The average molecular weight is 412 g/mol. The van der Waals surface area contributed by atoms with Crippen LogP contribution in [0.3, 0.4) is 0 Å². The number of hydrogen-bond acceptors (Lipinski definition) is 5. The molecule has 0 aliphatic carbocycles. The van der Waals surface area contributed by atoms with Gasteiger partial charge in [0.05, 0.1) is 17.0 Å². The largest absolute Gasteiger partial charge is 0.494 e. The molecule has 7 heteroatoms. The molecule has 1 aliphatic rings. The smallest absolute Gasteiger partial charge is 0.304 e. The second-order valence-corrected chi connectivity index (χ2v) is 6.70. The van der Waals surface area contributed by atoms with Gasteiger partial charge in [0, 0.05) is 27.9 Å². The molecule has 0 spiro atoms. The number of H-pyrrole nitrogens is 1. The number of aromatic nitrogens is 1. The maximum absolute atomic E-state index is 11.1. The number of ether oxygens (including phenoxy) is 1. The van der Waals surface area contributed by atoms with Crippen molar-refractivity contribution in [3.8, 4) is 5.88 Å². The summed E-state index contributed by atoms with van der Waals surface area (Å²) in [5.74, 6) is -0.386. The number of fused-ring (bicyclic) bond motifs is 2. The molecule has 4 rings (SSSR count). The van der Waals surface area contributed by atoms with E-state index in [0.717, 1.165) is 26.6 Å². The van der Waals surface area contributed by atoms with Crippen LogP contribution in [0.1, 0.15) is 18.1 Å². The lowest BCUT2D eigenvalue weighted by Gasteiger charge is -2.05. The second-order valence-electron chi connectivity index (χ2n) is 5.79. The monoisotopic (exact) mass is 411 g/mol. The van der Waals surface area contributed by atoms with E-state index in [9.17, 15) is 9.90 Å². The van der Waals surface area contributed by atoms with Gasteiger partial charge in [0.25, 0.3) is 0 Å². The number of aromatic amines is 1. The number of carbonyl (C=O) groups is 1. The summed E-state index contributed by atoms with van der Waals surface area (Å²) in [4.78, 5) is 23.1. The zero-order valence-electron chi connectivity index (χ0n) is 13.8. The van der Waals surface area contributed by atoms with Gasteiger partial charge in [-0.15, -0.1) is 0 Å². The van der Waals surface area contributed by atoms with Crippen LogP contribution in [0.4, 0.5) is 5.69 Å². The molecular weight excluding hydrogens is 398 g/mol. The topological polar surface area (TPSA) is 87.0 Å². The third-order valence-electron chi connectivity index (χ3n) is 4.08. The highest BCUT2D eigenvalue weighted by Gasteiger charge is 2.28. The van der Waals surface area contributed by atoms with Crippen LogP contribution in [0.25, 0.3) is 10.9 Å². The van der Waals surface area contributed by atoms with Crippen LogP contribution in [0.2, 0.25) is 0 Å². The molecule has 0 atom stereocenters. The molecule has 0 bridgehead atoms. The number of carbonyl (C=O) groups excluding carboxylic acids is 1. The summed E-state index contributed by atoms with van der Waals surface area (Å²) in [5, 5.41) is 11.3. The number of nitrogens with zero attached hydrogens (tertiary/aromatic N) is 2. The highest BCUT2D eigenvalue weighted by atomic mass is 79.9. The Kier molecular flexibility index (Phi) is 4.08. The molecule has 0 amide bonds. The first-order valence-corrected chi connectivity index (χ1v) is 8.70. The Labute approximate surface area is 157 Å². The van der Waals surface area contributed by atoms with E-state index in [1.54, 1.807) is 0 Å². The van der Waals surface area contributed by atoms with E-state index >= 15 is 0 Å². The number of rotatable bonds is 3. The van der Waals surface area contributed by atoms with Crippen LogP contribution < -0.4 is 0 Å². The van der Waals surface area contributed by atoms with Crippen LogP contribution in [0.15, 0.2) is 56.9 Å². The number of nitrogens with one attached hydrogen (secondary N) is 1. The highest BCUT2D eigenvalue weighted by molar-refractivity contribution is 9.10. The van der Waals surface area contributed by atoms with Crippen molar-refractivity contribution in [2.24, 2.45) is 9.98 Å². The van der Waals surface area contributed by atoms with Crippen molar-refractivity contribution in [3.05, 3.63) is 58.1 Å². The summed E-state index contributed by atoms with van der Waals surface area (Å²) in [6.07, 6.45) is 0. The second kappa shape index (κ2) is 6.42. The molecule has 2 aromatic carbocycles. The molecule has 6 nitrogen and oxygen atoms in total. The van der Waals surface area contributed by atoms with Gasteiger partial charge in [0.15, 0.2) is 12.6 Å². The highest BCUT2D eigenvalue weighted by Crippen LogP contribution is 2.36. The van der Waals surface area contributed by atoms with Crippen LogP contribution in [0.5, 0.6) is 5.88 Å². The molecule has 0 saturated carbocycles. The van der Waals surface area contributed by atoms with Crippen LogP contribution in [0, 0.1) is 0 Å². The SMILES string of the molecule is CC(=O)OCN=C1C(c2c(O)[nH]c3ccc(Br)cc23)=Nc2ccccc21. The summed E-state index contributed by atoms with van der Waals surface area (Å²) < 4.78 is 5.85. The molecule has 3 aromatic rings. The van der Waals surface area contributed by atoms with E-state index in [4.69, 9.17) is 4.74 Å². The number of halogens is 1. The van der Waals surface area contributed by atoms with Gasteiger partial charge in [-0.05, 0) is 24.3 Å². The molecule has 0 radical (unpaired) electrons. The van der Waals surface area contributed by atoms with Crippen molar-refractivity contribution in [2.75, 3.05) is 6.73 Å². The van der Waals surface area contributed by atoms with E-state index in [2.05, 4.69) is 30.9 Å². The van der Waals surface area contributed by atoms with Crippen LogP contribution in [-0.2, 0) is 9.53 Å². The van der Waals surface area contributed by atoms with Gasteiger partial charge in [0.2, 0.25) is 0 Å². The minimum Gasteiger partial charge on any atom is -0.494 e. The predicted octanol–water partition coefficient (Wildman–Crippen LogP) is 4.08. The maximum Gasteiger partial charge on any atom is 0.304 e. The van der Waals surface area contributed by atoms with E-state index in [-0.39, 0.29) is 12.6 Å². The predicted molar refractivity (Wildman–Crippen MR) is 103 cm³/mol. The van der Waals surface area contributed by atoms with Gasteiger partial charge >= 0.3 is 5.97 Å². The van der Waals surface area contributed by atoms with E-state index in [1.807, 2.05) is 42.5 Å². The minimum atomic E-state index is -0.405. The molecule has 0 saturated heterocycles. The third kappa shape index (κ3) is 2.80. The Morgan fingerprint density at radius 3 is 2.92 bits per heavy atom. The van der Waals surface area contributed by atoms with E-state index in [1.165, 1.54) is 6.92 Å². The summed E-state index contributed by atoms with van der Waals surface area (Å²) in [7, 11) is 0. The molecule has 2 heterocycles. The Balaban J connectivity index is 1.89. The number of hydrogen-bond donors (Lipinski definition) is 2. The first-order chi connectivity index (χ1) is 12.5. The fraction of sp³-hybridized carbons (Fsp3) is 0.105. The standard InChI is InChI=1S/C19H14BrN3O3/c1-10(24)26-9-21-17-12-4-2-3-5-14(12)22-18(17)16-13-8-11(20)6-7-15(13)23-19(16)25/h2-8,23,25H,9H2,1H3. The Bertz CT molecular complexity index is 1100. The number of para-hydroxylation sites is 1. The van der Waals surface area contributed by atoms with Crippen molar-refractivity contribution in [2.45, 2.75) is 6.92 Å². The fourth-order valence-electron chi connectivity index (χ4n) is 2.98. The van der Waals surface area contributed by atoms with Gasteiger partial charge in [-0.3, -0.25) is 4.79 Å². The summed E-state index contributed by atoms with van der Waals surface area (Å²) >= 11 is 3.46. The van der Waals surface area contributed by atoms with Crippen molar-refractivity contribution in [1.82, 2.24) is 4.98 Å². The zero-order chi connectivity index (χ0) is 18.3. The molecule has 26 heavy (non-hydrogen) atoms. The maximum atomic E-state index is 11.1. The number of aliphatic imine (C=N–C) groups is 2. The van der Waals surface area contributed by atoms with E-state index < -0.39 is 5.97 Å². The average Bonchev–Trinajstić information content (AvgIpc) is 3.11. The Hall–Kier alpha value is -2.93. The quantitative estimate of drug-likeness (QED) is 0.636. The lowest BCUT2D eigenvalue weighted by atomic mass is 10.0. The molecular formula is C19H14BrN3O3. The Morgan fingerprint density at radius 1 is 1.31 bits per heavy atom. The summed E-state index contributed by atoms with van der Waals surface area (Å²) in [6, 6.07) is 13.2. The normalized spacial score (nSPS) is 14.5. The lowest BCUT2D eigenvalue weighted by Crippen LogP contribution is -2.14. The minimum absolute atomic E-state index is 0.0184. The zero-order valence-corrected chi connectivity index (χ0v) is 15.4. The summed E-state index contributed by atoms with van der Waals surface area (Å²) in [6.45, 7) is 1.23. The molecule has 1 aromatic heterocycles. The third-order valence-corrected chi connectivity index (χ3v) is 4.58. The summed E-state index contributed by atoms with van der Waals surface area (Å²) in [5.41, 5.74) is 4.07. The van der Waals surface area contributed by atoms with Crippen molar-refractivity contribution >= 4 is 49.9 Å². The van der Waals surface area contributed by atoms with Crippen LogP contribution >= 0.6 is 15.9 Å². The van der Waals surface area contributed by atoms with Gasteiger partial charge in [-0.2, -0.15) is 0 Å². The van der Waals surface area contributed by atoms with Crippen LogP contribution in [-0.4, -0.2) is 34.2 Å². The molecule has 2 N–H and O–H groups in total. The first kappa shape index (κ1) is 16.5. The lowest BCUT2D eigenvalue weighted by molar-refractivity contribution is -0.140. The van der Waals surface area contributed by atoms with E-state index in [0.29, 0.717) is 17.0 Å². The Morgan fingerprint density at radius 2 is 2.12 bits per heavy atom. The molecule has 1 aliphatic heterocycles. The molecule has 0 fully saturated rings. The van der Waals surface area contributed by atoms with Gasteiger partial charge in [-0.1, -0.05) is 34.1 Å². The number of esters is 1.